The highest BCUT2D eigenvalue weighted by molar-refractivity contribution is 6.31. The second kappa shape index (κ2) is 8.17. The lowest BCUT2D eigenvalue weighted by molar-refractivity contribution is -0.159. The van der Waals surface area contributed by atoms with Crippen molar-refractivity contribution in [3.05, 3.63) is 28.8 Å². The third-order valence-corrected chi connectivity index (χ3v) is 4.05. The van der Waals surface area contributed by atoms with Crippen molar-refractivity contribution in [1.82, 2.24) is 4.90 Å². The third kappa shape index (κ3) is 5.11. The van der Waals surface area contributed by atoms with Gasteiger partial charge in [0.25, 0.3) is 0 Å². The summed E-state index contributed by atoms with van der Waals surface area (Å²) in [6.45, 7) is 3.10. The monoisotopic (exact) mass is 341 g/mol. The number of rotatable bonds is 6. The van der Waals surface area contributed by atoms with Crippen LogP contribution in [-0.2, 0) is 14.3 Å². The number of nitrogens with zero attached hydrogens (tertiary/aromatic N) is 1. The molecule has 1 heterocycles. The Kier molecular flexibility index (Phi) is 6.24. The molecule has 0 aromatic heterocycles. The van der Waals surface area contributed by atoms with Crippen LogP contribution in [0.4, 0.5) is 0 Å². The first-order valence-corrected chi connectivity index (χ1v) is 7.86. The average Bonchev–Trinajstić information content (AvgIpc) is 2.54. The highest BCUT2D eigenvalue weighted by atomic mass is 35.5. The molecule has 0 bridgehead atoms. The summed E-state index contributed by atoms with van der Waals surface area (Å²) in [4.78, 5) is 24.5. The van der Waals surface area contributed by atoms with Gasteiger partial charge < -0.3 is 19.5 Å². The molecule has 7 heteroatoms. The van der Waals surface area contributed by atoms with Gasteiger partial charge in [-0.25, -0.2) is 4.79 Å². The number of ether oxygens (including phenoxy) is 2. The first-order chi connectivity index (χ1) is 11.0. The van der Waals surface area contributed by atoms with E-state index in [1.165, 1.54) is 4.90 Å². The van der Waals surface area contributed by atoms with Gasteiger partial charge in [-0.2, -0.15) is 0 Å². The number of aryl methyl sites for hydroxylation is 1. The van der Waals surface area contributed by atoms with Crippen molar-refractivity contribution in [2.75, 3.05) is 26.3 Å². The molecule has 1 aliphatic rings. The molecule has 23 heavy (non-hydrogen) atoms. The van der Waals surface area contributed by atoms with Crippen LogP contribution in [0.1, 0.15) is 18.4 Å². The van der Waals surface area contributed by atoms with E-state index in [-0.39, 0.29) is 19.1 Å². The molecule has 1 aliphatic heterocycles. The highest BCUT2D eigenvalue weighted by Crippen LogP contribution is 2.21. The molecular weight excluding hydrogens is 322 g/mol. The molecule has 1 atom stereocenters. The molecule has 1 unspecified atom stereocenters. The smallest absolute Gasteiger partial charge is 0.334 e. The summed E-state index contributed by atoms with van der Waals surface area (Å²) in [7, 11) is 0. The number of halogens is 1. The first-order valence-electron chi connectivity index (χ1n) is 7.48. The molecule has 2 rings (SSSR count). The Balaban J connectivity index is 1.72. The van der Waals surface area contributed by atoms with Gasteiger partial charge in [-0.05, 0) is 37.1 Å². The fourth-order valence-corrected chi connectivity index (χ4v) is 2.42. The summed E-state index contributed by atoms with van der Waals surface area (Å²) >= 11 is 5.95. The van der Waals surface area contributed by atoms with Crippen molar-refractivity contribution in [2.24, 2.45) is 0 Å². The van der Waals surface area contributed by atoms with E-state index in [9.17, 15) is 9.59 Å². The van der Waals surface area contributed by atoms with Crippen molar-refractivity contribution < 1.29 is 24.2 Å². The molecule has 0 aliphatic carbocycles. The van der Waals surface area contributed by atoms with Gasteiger partial charge in [0, 0.05) is 18.0 Å². The first kappa shape index (κ1) is 17.6. The van der Waals surface area contributed by atoms with Gasteiger partial charge in [-0.1, -0.05) is 11.6 Å². The minimum Gasteiger partial charge on any atom is -0.494 e. The molecule has 1 aromatic rings. The van der Waals surface area contributed by atoms with Crippen molar-refractivity contribution >= 4 is 23.5 Å². The summed E-state index contributed by atoms with van der Waals surface area (Å²) in [5.41, 5.74) is 0.938. The molecular formula is C16H20ClNO5. The van der Waals surface area contributed by atoms with Crippen LogP contribution < -0.4 is 4.74 Å². The van der Waals surface area contributed by atoms with Crippen LogP contribution in [-0.4, -0.2) is 54.3 Å². The van der Waals surface area contributed by atoms with E-state index in [1.54, 1.807) is 12.1 Å². The predicted octanol–water partition coefficient (Wildman–Crippen LogP) is 2.12. The molecule has 1 aromatic carbocycles. The number of amides is 1. The second-order valence-corrected chi connectivity index (χ2v) is 5.81. The van der Waals surface area contributed by atoms with E-state index >= 15 is 0 Å². The van der Waals surface area contributed by atoms with Crippen molar-refractivity contribution in [1.29, 1.82) is 0 Å². The van der Waals surface area contributed by atoms with Crippen LogP contribution in [0.5, 0.6) is 5.75 Å². The van der Waals surface area contributed by atoms with Crippen LogP contribution in [0.2, 0.25) is 5.02 Å². The Morgan fingerprint density at radius 2 is 2.26 bits per heavy atom. The van der Waals surface area contributed by atoms with E-state index in [0.717, 1.165) is 11.3 Å². The molecule has 0 spiro atoms. The largest absolute Gasteiger partial charge is 0.494 e. The van der Waals surface area contributed by atoms with E-state index < -0.39 is 12.1 Å². The maximum atomic E-state index is 12.1. The van der Waals surface area contributed by atoms with Crippen molar-refractivity contribution in [2.45, 2.75) is 25.9 Å². The van der Waals surface area contributed by atoms with E-state index in [1.807, 2.05) is 13.0 Å². The second-order valence-electron chi connectivity index (χ2n) is 5.40. The van der Waals surface area contributed by atoms with Gasteiger partial charge in [0.05, 0.1) is 19.8 Å². The summed E-state index contributed by atoms with van der Waals surface area (Å²) in [6, 6.07) is 5.41. The van der Waals surface area contributed by atoms with Crippen molar-refractivity contribution in [3.63, 3.8) is 0 Å². The fraction of sp³-hybridized carbons (Fsp3) is 0.500. The number of carbonyl (C=O) groups is 2. The number of hydrogen-bond acceptors (Lipinski definition) is 4. The minimum atomic E-state index is -1.04. The summed E-state index contributed by atoms with van der Waals surface area (Å²) < 4.78 is 10.7. The SMILES string of the molecule is Cc1cc(OCCCC(=O)N2CCOC(C(=O)O)C2)ccc1Cl. The molecule has 0 radical (unpaired) electrons. The molecule has 1 fully saturated rings. The third-order valence-electron chi connectivity index (χ3n) is 3.63. The van der Waals surface area contributed by atoms with E-state index in [2.05, 4.69) is 0 Å². The van der Waals surface area contributed by atoms with Gasteiger partial charge in [0.2, 0.25) is 5.91 Å². The van der Waals surface area contributed by atoms with Crippen LogP contribution in [0.15, 0.2) is 18.2 Å². The predicted molar refractivity (Wildman–Crippen MR) is 84.9 cm³/mol. The normalized spacial score (nSPS) is 17.8. The van der Waals surface area contributed by atoms with Crippen LogP contribution in [0, 0.1) is 6.92 Å². The minimum absolute atomic E-state index is 0.0737. The zero-order valence-corrected chi connectivity index (χ0v) is 13.7. The standard InChI is InChI=1S/C16H20ClNO5/c1-11-9-12(4-5-13(11)17)22-7-2-3-15(19)18-6-8-23-14(10-18)16(20)21/h4-5,9,14H,2-3,6-8,10H2,1H3,(H,20,21). The lowest BCUT2D eigenvalue weighted by Gasteiger charge is -2.30. The molecule has 1 amide bonds. The number of aliphatic carboxylic acids is 1. The molecule has 0 saturated carbocycles. The Bertz CT molecular complexity index is 578. The zero-order valence-electron chi connectivity index (χ0n) is 13.0. The average molecular weight is 342 g/mol. The topological polar surface area (TPSA) is 76.1 Å². The van der Waals surface area contributed by atoms with Crippen molar-refractivity contribution in [3.8, 4) is 5.75 Å². The van der Waals surface area contributed by atoms with Gasteiger partial charge in [0.15, 0.2) is 6.10 Å². The quantitative estimate of drug-likeness (QED) is 0.802. The van der Waals surface area contributed by atoms with E-state index in [4.69, 9.17) is 26.2 Å². The Labute approximate surface area is 139 Å². The maximum absolute atomic E-state index is 12.1. The molecule has 126 valence electrons. The van der Waals surface area contributed by atoms with Gasteiger partial charge >= 0.3 is 5.97 Å². The Morgan fingerprint density at radius 3 is 2.96 bits per heavy atom. The molecule has 1 saturated heterocycles. The number of benzene rings is 1. The summed E-state index contributed by atoms with van der Waals surface area (Å²) in [5.74, 6) is -0.393. The summed E-state index contributed by atoms with van der Waals surface area (Å²) in [6.07, 6.45) is -0.0462. The van der Waals surface area contributed by atoms with Crippen LogP contribution in [0.25, 0.3) is 0 Å². The van der Waals surface area contributed by atoms with Gasteiger partial charge in [0.1, 0.15) is 5.75 Å². The number of carboxylic acid groups (broad SMARTS) is 1. The Hall–Kier alpha value is -1.79. The molecule has 6 nitrogen and oxygen atoms in total. The Morgan fingerprint density at radius 1 is 1.48 bits per heavy atom. The highest BCUT2D eigenvalue weighted by Gasteiger charge is 2.28. The van der Waals surface area contributed by atoms with E-state index in [0.29, 0.717) is 31.0 Å². The number of carboxylic acids is 1. The molecule has 1 N–H and O–H groups in total. The zero-order chi connectivity index (χ0) is 16.8. The lowest BCUT2D eigenvalue weighted by Crippen LogP contribution is -2.48. The number of carbonyl (C=O) groups excluding carboxylic acids is 1. The fourth-order valence-electron chi connectivity index (χ4n) is 2.30. The maximum Gasteiger partial charge on any atom is 0.334 e. The summed E-state index contributed by atoms with van der Waals surface area (Å²) in [5, 5.41) is 9.62. The van der Waals surface area contributed by atoms with Gasteiger partial charge in [-0.3, -0.25) is 4.79 Å². The van der Waals surface area contributed by atoms with Crippen LogP contribution >= 0.6 is 11.6 Å². The van der Waals surface area contributed by atoms with Crippen LogP contribution in [0.3, 0.4) is 0 Å². The lowest BCUT2D eigenvalue weighted by atomic mass is 10.2. The van der Waals surface area contributed by atoms with Gasteiger partial charge in [-0.15, -0.1) is 0 Å². The number of morpholine rings is 1. The number of hydrogen-bond donors (Lipinski definition) is 1.